The van der Waals surface area contributed by atoms with Crippen LogP contribution in [0.5, 0.6) is 5.75 Å². The van der Waals surface area contributed by atoms with Gasteiger partial charge in [-0.2, -0.15) is 16.8 Å². The Balaban J connectivity index is 1.54. The Hall–Kier alpha value is -1.90. The Bertz CT molecular complexity index is 1530. The number of rotatable bonds is 8. The lowest BCUT2D eigenvalue weighted by molar-refractivity contribution is 0.414. The van der Waals surface area contributed by atoms with Crippen LogP contribution in [-0.4, -0.2) is 21.4 Å². The van der Waals surface area contributed by atoms with Crippen LogP contribution in [0.25, 0.3) is 0 Å². The summed E-state index contributed by atoms with van der Waals surface area (Å²) in [6.45, 7) is 3.81. The first-order valence-corrected chi connectivity index (χ1v) is 20.2. The topological polar surface area (TPSA) is 97.7 Å². The van der Waals surface area contributed by atoms with Gasteiger partial charge in [-0.05, 0) is 110 Å². The molecule has 0 saturated heterocycles. The highest BCUT2D eigenvalue weighted by Crippen LogP contribution is 2.48. The first-order valence-electron chi connectivity index (χ1n) is 17.3. The summed E-state index contributed by atoms with van der Waals surface area (Å²) in [5.74, 6) is 0.951. The molecule has 4 aliphatic rings. The Morgan fingerprint density at radius 1 is 0.659 bits per heavy atom. The van der Waals surface area contributed by atoms with Crippen LogP contribution in [0, 0.1) is 0 Å². The number of hydrogen-bond acceptors (Lipinski definition) is 5. The van der Waals surface area contributed by atoms with E-state index in [4.69, 9.17) is 4.18 Å². The molecule has 2 aromatic carbocycles. The fourth-order valence-corrected chi connectivity index (χ4v) is 11.1. The molecule has 0 aliphatic heterocycles. The minimum absolute atomic E-state index is 0.110. The molecular weight excluding hydrogens is 593 g/mol. The summed E-state index contributed by atoms with van der Waals surface area (Å²) >= 11 is 0. The second-order valence-corrected chi connectivity index (χ2v) is 17.2. The van der Waals surface area contributed by atoms with Crippen molar-refractivity contribution in [2.45, 2.75) is 163 Å². The van der Waals surface area contributed by atoms with Crippen LogP contribution in [0.15, 0.2) is 28.0 Å². The third-order valence-electron chi connectivity index (χ3n) is 11.0. The smallest absolute Gasteiger partial charge is 0.339 e. The molecule has 3 fully saturated rings. The van der Waals surface area contributed by atoms with Crippen LogP contribution in [0.4, 0.5) is 0 Å². The van der Waals surface area contributed by atoms with E-state index in [0.717, 1.165) is 62.5 Å². The maximum atomic E-state index is 14.9. The normalized spacial score (nSPS) is 21.1. The predicted molar refractivity (Wildman–Crippen MR) is 174 cm³/mol. The van der Waals surface area contributed by atoms with Gasteiger partial charge < -0.3 is 4.18 Å². The van der Waals surface area contributed by atoms with Crippen LogP contribution in [-0.2, 0) is 33.1 Å². The zero-order chi connectivity index (χ0) is 31.1. The van der Waals surface area contributed by atoms with E-state index in [1.54, 1.807) is 0 Å². The lowest BCUT2D eigenvalue weighted by Crippen LogP contribution is -2.22. The van der Waals surface area contributed by atoms with Crippen molar-refractivity contribution in [3.8, 4) is 5.75 Å². The molecule has 0 amide bonds. The standard InChI is InChI=1S/C36H50O6S2/c1-24(2)31-23-34(43(37,38)39)29-19-12-20-30(29)35(31)42-44(40,41)36-32(26-15-8-4-9-16-26)21-28(25-13-6-3-7-14-25)22-33(36)27-17-10-5-11-18-27/h21-27H,3-20H2,1-2H3,(H,37,38,39). The second-order valence-electron chi connectivity index (χ2n) is 14.3. The van der Waals surface area contributed by atoms with Crippen LogP contribution in [0.1, 0.15) is 174 Å². The molecule has 2 aromatic rings. The fraction of sp³-hybridized carbons (Fsp3) is 0.667. The lowest BCUT2D eigenvalue weighted by atomic mass is 9.76. The quantitative estimate of drug-likeness (QED) is 0.228. The molecule has 0 atom stereocenters. The molecule has 0 radical (unpaired) electrons. The van der Waals surface area contributed by atoms with Gasteiger partial charge in [-0.15, -0.1) is 0 Å². The Morgan fingerprint density at radius 3 is 1.61 bits per heavy atom. The van der Waals surface area contributed by atoms with E-state index in [1.807, 2.05) is 13.8 Å². The van der Waals surface area contributed by atoms with Crippen molar-refractivity contribution in [2.24, 2.45) is 0 Å². The molecule has 3 saturated carbocycles. The Kier molecular flexibility index (Phi) is 9.52. The van der Waals surface area contributed by atoms with Crippen LogP contribution in [0.2, 0.25) is 0 Å². The molecule has 242 valence electrons. The summed E-state index contributed by atoms with van der Waals surface area (Å²) in [6.07, 6.45) is 18.6. The predicted octanol–water partition coefficient (Wildman–Crippen LogP) is 9.46. The summed E-state index contributed by atoms with van der Waals surface area (Å²) in [5, 5.41) is 0. The highest BCUT2D eigenvalue weighted by Gasteiger charge is 2.37. The minimum atomic E-state index is -4.46. The summed E-state index contributed by atoms with van der Waals surface area (Å²) in [7, 11) is -8.72. The summed E-state index contributed by atoms with van der Waals surface area (Å²) < 4.78 is 70.9. The summed E-state index contributed by atoms with van der Waals surface area (Å²) in [4.78, 5) is 0.289. The molecule has 8 heteroatoms. The van der Waals surface area contributed by atoms with Crippen molar-refractivity contribution in [1.29, 1.82) is 0 Å². The van der Waals surface area contributed by atoms with Gasteiger partial charge in [0.25, 0.3) is 10.1 Å². The van der Waals surface area contributed by atoms with E-state index in [-0.39, 0.29) is 28.4 Å². The largest absolute Gasteiger partial charge is 0.378 e. The van der Waals surface area contributed by atoms with Crippen molar-refractivity contribution in [2.75, 3.05) is 0 Å². The highest BCUT2D eigenvalue weighted by molar-refractivity contribution is 7.87. The van der Waals surface area contributed by atoms with Crippen molar-refractivity contribution in [3.63, 3.8) is 0 Å². The fourth-order valence-electron chi connectivity index (χ4n) is 8.74. The van der Waals surface area contributed by atoms with E-state index in [1.165, 1.54) is 56.6 Å². The van der Waals surface area contributed by atoms with E-state index >= 15 is 0 Å². The van der Waals surface area contributed by atoms with Gasteiger partial charge in [0.1, 0.15) is 10.6 Å². The van der Waals surface area contributed by atoms with Crippen LogP contribution >= 0.6 is 0 Å². The molecule has 4 aliphatic carbocycles. The van der Waals surface area contributed by atoms with Gasteiger partial charge in [-0.1, -0.05) is 83.8 Å². The third kappa shape index (κ3) is 6.50. The number of benzene rings is 2. The highest BCUT2D eigenvalue weighted by atomic mass is 32.2. The van der Waals surface area contributed by atoms with Gasteiger partial charge in [0, 0.05) is 11.1 Å². The van der Waals surface area contributed by atoms with E-state index in [9.17, 15) is 21.4 Å². The number of hydrogen-bond donors (Lipinski definition) is 1. The molecule has 6 nitrogen and oxygen atoms in total. The third-order valence-corrected chi connectivity index (χ3v) is 13.3. The Morgan fingerprint density at radius 2 is 1.14 bits per heavy atom. The molecule has 6 rings (SSSR count). The summed E-state index contributed by atoms with van der Waals surface area (Å²) in [6, 6.07) is 5.96. The van der Waals surface area contributed by atoms with E-state index < -0.39 is 20.2 Å². The molecule has 0 spiro atoms. The average Bonchev–Trinajstić information content (AvgIpc) is 3.51. The van der Waals surface area contributed by atoms with Crippen molar-refractivity contribution >= 4 is 20.2 Å². The van der Waals surface area contributed by atoms with E-state index in [0.29, 0.717) is 46.8 Å². The van der Waals surface area contributed by atoms with Gasteiger partial charge in [0.05, 0.1) is 4.90 Å². The zero-order valence-corrected chi connectivity index (χ0v) is 28.2. The molecule has 44 heavy (non-hydrogen) atoms. The first-order chi connectivity index (χ1) is 21.0. The van der Waals surface area contributed by atoms with Crippen molar-refractivity contribution in [3.05, 3.63) is 51.6 Å². The van der Waals surface area contributed by atoms with E-state index in [2.05, 4.69) is 12.1 Å². The van der Waals surface area contributed by atoms with Gasteiger partial charge in [0.15, 0.2) is 0 Å². The Labute approximate surface area is 265 Å². The van der Waals surface area contributed by atoms with Gasteiger partial charge in [0.2, 0.25) is 0 Å². The second kappa shape index (κ2) is 13.1. The zero-order valence-electron chi connectivity index (χ0n) is 26.6. The maximum absolute atomic E-state index is 14.9. The minimum Gasteiger partial charge on any atom is -0.378 e. The average molecular weight is 643 g/mol. The van der Waals surface area contributed by atoms with Crippen LogP contribution < -0.4 is 4.18 Å². The molecule has 0 heterocycles. The maximum Gasteiger partial charge on any atom is 0.339 e. The molecule has 1 N–H and O–H groups in total. The molecular formula is C36H50O6S2. The SMILES string of the molecule is CC(C)c1cc(S(=O)(=O)O)c2c(c1OS(=O)(=O)c1c(C3CCCCC3)cc(C3CCCCC3)cc1C1CCCCC1)CCC2. The monoisotopic (exact) mass is 642 g/mol. The summed E-state index contributed by atoms with van der Waals surface area (Å²) in [5.41, 5.74) is 4.88. The van der Waals surface area contributed by atoms with Crippen molar-refractivity contribution in [1.82, 2.24) is 0 Å². The van der Waals surface area contributed by atoms with Gasteiger partial charge >= 0.3 is 10.1 Å². The van der Waals surface area contributed by atoms with Gasteiger partial charge in [-0.3, -0.25) is 4.55 Å². The van der Waals surface area contributed by atoms with Crippen molar-refractivity contribution < 1.29 is 25.6 Å². The molecule has 0 bridgehead atoms. The molecule has 0 aromatic heterocycles. The molecule has 0 unspecified atom stereocenters. The lowest BCUT2D eigenvalue weighted by Gasteiger charge is -2.32. The van der Waals surface area contributed by atoms with Crippen LogP contribution in [0.3, 0.4) is 0 Å². The first kappa shape index (κ1) is 32.1. The van der Waals surface area contributed by atoms with Gasteiger partial charge in [-0.25, -0.2) is 0 Å². The number of fused-ring (bicyclic) bond motifs is 1.